The maximum Gasteiger partial charge on any atom is 0.269 e. The Bertz CT molecular complexity index is 668. The van der Waals surface area contributed by atoms with Gasteiger partial charge in [0.05, 0.1) is 11.5 Å². The van der Waals surface area contributed by atoms with E-state index >= 15 is 0 Å². The molecule has 2 aromatic rings. The van der Waals surface area contributed by atoms with Crippen molar-refractivity contribution < 1.29 is 4.92 Å². The average Bonchev–Trinajstić information content (AvgIpc) is 2.94. The molecule has 8 nitrogen and oxygen atoms in total. The van der Waals surface area contributed by atoms with Crippen LogP contribution >= 0.6 is 0 Å². The van der Waals surface area contributed by atoms with Crippen molar-refractivity contribution in [3.63, 3.8) is 0 Å². The van der Waals surface area contributed by atoms with Crippen molar-refractivity contribution in [1.29, 1.82) is 0 Å². The van der Waals surface area contributed by atoms with Crippen molar-refractivity contribution in [2.24, 2.45) is 0 Å². The Morgan fingerprint density at radius 2 is 2.29 bits per heavy atom. The topological polar surface area (TPSA) is 89.1 Å². The highest BCUT2D eigenvalue weighted by molar-refractivity contribution is 5.55. The molecule has 0 spiro atoms. The van der Waals surface area contributed by atoms with E-state index in [1.807, 2.05) is 11.6 Å². The minimum atomic E-state index is -0.365. The fourth-order valence-corrected chi connectivity index (χ4v) is 2.56. The van der Waals surface area contributed by atoms with E-state index in [4.69, 9.17) is 0 Å². The second-order valence-corrected chi connectivity index (χ2v) is 5.00. The maximum absolute atomic E-state index is 10.9. The summed E-state index contributed by atoms with van der Waals surface area (Å²) in [5, 5.41) is 22.0. The first-order valence-electron chi connectivity index (χ1n) is 6.71. The Morgan fingerprint density at radius 3 is 3.05 bits per heavy atom. The number of rotatable bonds is 4. The van der Waals surface area contributed by atoms with Crippen LogP contribution in [0.2, 0.25) is 0 Å². The summed E-state index contributed by atoms with van der Waals surface area (Å²) in [6.45, 7) is 3.06. The Kier molecular flexibility index (Phi) is 3.53. The van der Waals surface area contributed by atoms with Crippen LogP contribution in [0.3, 0.4) is 0 Å². The summed E-state index contributed by atoms with van der Waals surface area (Å²) in [6.07, 6.45) is 1.74. The first-order chi connectivity index (χ1) is 10.2. The summed E-state index contributed by atoms with van der Waals surface area (Å²) in [7, 11) is 1.82. The first kappa shape index (κ1) is 13.5. The fourth-order valence-electron chi connectivity index (χ4n) is 2.56. The van der Waals surface area contributed by atoms with Crippen LogP contribution < -0.4 is 5.32 Å². The van der Waals surface area contributed by atoms with Crippen LogP contribution in [-0.2, 0) is 19.6 Å². The molecule has 0 bridgehead atoms. The molecule has 0 aliphatic carbocycles. The molecule has 0 amide bonds. The highest BCUT2D eigenvalue weighted by Crippen LogP contribution is 2.24. The van der Waals surface area contributed by atoms with Crippen molar-refractivity contribution >= 4 is 11.4 Å². The van der Waals surface area contributed by atoms with Gasteiger partial charge >= 0.3 is 0 Å². The van der Waals surface area contributed by atoms with Gasteiger partial charge in [0.25, 0.3) is 5.69 Å². The smallest absolute Gasteiger partial charge is 0.269 e. The minimum Gasteiger partial charge on any atom is -0.388 e. The van der Waals surface area contributed by atoms with Crippen LogP contribution in [0.15, 0.2) is 24.5 Å². The predicted molar refractivity (Wildman–Crippen MR) is 76.8 cm³/mol. The lowest BCUT2D eigenvalue weighted by Crippen LogP contribution is -2.33. The van der Waals surface area contributed by atoms with Crippen molar-refractivity contribution in [1.82, 2.24) is 19.7 Å². The quantitative estimate of drug-likeness (QED) is 0.672. The molecule has 1 aliphatic rings. The molecule has 3 rings (SSSR count). The number of hydrogen-bond donors (Lipinski definition) is 1. The predicted octanol–water partition coefficient (Wildman–Crippen LogP) is 1.24. The summed E-state index contributed by atoms with van der Waals surface area (Å²) in [5.74, 6) is 0.928. The van der Waals surface area contributed by atoms with Gasteiger partial charge in [-0.3, -0.25) is 15.0 Å². The largest absolute Gasteiger partial charge is 0.388 e. The number of nitro benzene ring substituents is 1. The monoisotopic (exact) mass is 288 g/mol. The van der Waals surface area contributed by atoms with Crippen molar-refractivity contribution in [3.8, 4) is 0 Å². The number of hydrogen-bond acceptors (Lipinski definition) is 6. The summed E-state index contributed by atoms with van der Waals surface area (Å²) in [4.78, 5) is 12.8. The molecule has 0 unspecified atom stereocenters. The summed E-state index contributed by atoms with van der Waals surface area (Å²) < 4.78 is 2.03. The van der Waals surface area contributed by atoms with E-state index in [1.54, 1.807) is 18.5 Å². The molecule has 0 atom stereocenters. The van der Waals surface area contributed by atoms with Crippen LogP contribution in [0.25, 0.3) is 0 Å². The Hall–Kier alpha value is -2.48. The average molecular weight is 288 g/mol. The summed E-state index contributed by atoms with van der Waals surface area (Å²) in [5.41, 5.74) is 1.94. The molecule has 1 aromatic heterocycles. The summed E-state index contributed by atoms with van der Waals surface area (Å²) in [6, 6.07) is 4.90. The van der Waals surface area contributed by atoms with E-state index in [2.05, 4.69) is 20.4 Å². The number of aromatic nitrogens is 3. The number of benzene rings is 1. The number of fused-ring (bicyclic) bond motifs is 1. The molecule has 0 radical (unpaired) electrons. The van der Waals surface area contributed by atoms with Crippen LogP contribution in [0.5, 0.6) is 0 Å². The second-order valence-electron chi connectivity index (χ2n) is 5.00. The lowest BCUT2D eigenvalue weighted by Gasteiger charge is -2.27. The number of nitrogens with one attached hydrogen (secondary N) is 1. The highest BCUT2D eigenvalue weighted by atomic mass is 16.6. The molecule has 110 valence electrons. The third-order valence-electron chi connectivity index (χ3n) is 3.68. The van der Waals surface area contributed by atoms with Gasteiger partial charge < -0.3 is 9.88 Å². The molecule has 2 heterocycles. The van der Waals surface area contributed by atoms with E-state index < -0.39 is 0 Å². The van der Waals surface area contributed by atoms with Crippen molar-refractivity contribution in [2.45, 2.75) is 19.6 Å². The van der Waals surface area contributed by atoms with Crippen molar-refractivity contribution in [3.05, 3.63) is 46.0 Å². The second kappa shape index (κ2) is 5.49. The standard InChI is InChI=1S/C13H16N6O2/c1-14-12-3-2-11(19(20)21)6-10(12)7-17-4-5-18-9-15-16-13(18)8-17/h2-3,6,9,14H,4-5,7-8H2,1H3. The van der Waals surface area contributed by atoms with Gasteiger partial charge in [-0.25, -0.2) is 0 Å². The highest BCUT2D eigenvalue weighted by Gasteiger charge is 2.19. The Labute approximate surface area is 121 Å². The van der Waals surface area contributed by atoms with Gasteiger partial charge in [-0.2, -0.15) is 0 Å². The Balaban J connectivity index is 1.81. The first-order valence-corrected chi connectivity index (χ1v) is 6.71. The van der Waals surface area contributed by atoms with E-state index in [0.717, 1.165) is 30.2 Å². The number of nitro groups is 1. The third kappa shape index (κ3) is 2.70. The van der Waals surface area contributed by atoms with Gasteiger partial charge in [0.15, 0.2) is 0 Å². The van der Waals surface area contributed by atoms with Crippen LogP contribution in [0, 0.1) is 10.1 Å². The SMILES string of the molecule is CNc1ccc([N+](=O)[O-])cc1CN1CCn2cnnc2C1. The van der Waals surface area contributed by atoms with Crippen molar-refractivity contribution in [2.75, 3.05) is 18.9 Å². The normalized spacial score (nSPS) is 14.7. The van der Waals surface area contributed by atoms with E-state index in [0.29, 0.717) is 13.1 Å². The zero-order chi connectivity index (χ0) is 14.8. The molecule has 0 fully saturated rings. The molecule has 0 saturated carbocycles. The summed E-state index contributed by atoms with van der Waals surface area (Å²) >= 11 is 0. The molecular weight excluding hydrogens is 272 g/mol. The van der Waals surface area contributed by atoms with Gasteiger partial charge in [0.1, 0.15) is 12.2 Å². The third-order valence-corrected chi connectivity index (χ3v) is 3.68. The molecule has 0 saturated heterocycles. The lowest BCUT2D eigenvalue weighted by molar-refractivity contribution is -0.384. The van der Waals surface area contributed by atoms with Gasteiger partial charge in [-0.1, -0.05) is 0 Å². The molecule has 8 heteroatoms. The van der Waals surface area contributed by atoms with Crippen LogP contribution in [-0.4, -0.2) is 38.2 Å². The Morgan fingerprint density at radius 1 is 1.43 bits per heavy atom. The molecule has 21 heavy (non-hydrogen) atoms. The van der Waals surface area contributed by atoms with Gasteiger partial charge in [-0.15, -0.1) is 10.2 Å². The number of nitrogens with zero attached hydrogens (tertiary/aromatic N) is 5. The van der Waals surface area contributed by atoms with Gasteiger partial charge in [-0.05, 0) is 11.6 Å². The van der Waals surface area contributed by atoms with Crippen LogP contribution in [0.1, 0.15) is 11.4 Å². The maximum atomic E-state index is 10.9. The number of anilines is 1. The van der Waals surface area contributed by atoms with Gasteiger partial charge in [0, 0.05) is 44.5 Å². The van der Waals surface area contributed by atoms with E-state index in [1.165, 1.54) is 6.07 Å². The molecular formula is C13H16N6O2. The molecule has 1 N–H and O–H groups in total. The van der Waals surface area contributed by atoms with Gasteiger partial charge in [0.2, 0.25) is 0 Å². The molecule has 1 aromatic carbocycles. The van der Waals surface area contributed by atoms with E-state index in [-0.39, 0.29) is 10.6 Å². The zero-order valence-corrected chi connectivity index (χ0v) is 11.7. The zero-order valence-electron chi connectivity index (χ0n) is 11.7. The molecule has 1 aliphatic heterocycles. The van der Waals surface area contributed by atoms with Crippen LogP contribution in [0.4, 0.5) is 11.4 Å². The van der Waals surface area contributed by atoms with E-state index in [9.17, 15) is 10.1 Å². The number of non-ortho nitro benzene ring substituents is 1. The lowest BCUT2D eigenvalue weighted by atomic mass is 10.1. The fraction of sp³-hybridized carbons (Fsp3) is 0.385. The minimum absolute atomic E-state index is 0.115.